The standard InChI is InChI=1S/C15H15NO2.CH4O4S/c1-16-9-5-8-13(11-16)15(18)10-14(17)12-6-3-2-4-7-12;1-5-6(2,3)4/h2-9H,10-11H2,1H3;1H3,(H,2,3,4). The van der Waals surface area contributed by atoms with Gasteiger partial charge in [-0.3, -0.25) is 18.3 Å². The maximum atomic E-state index is 12.0. The van der Waals surface area contributed by atoms with Crippen LogP contribution in [-0.4, -0.2) is 50.1 Å². The van der Waals surface area contributed by atoms with Crippen LogP contribution in [0.3, 0.4) is 0 Å². The minimum atomic E-state index is -4.16. The van der Waals surface area contributed by atoms with Crippen molar-refractivity contribution in [2.45, 2.75) is 6.42 Å². The van der Waals surface area contributed by atoms with Gasteiger partial charge < -0.3 is 4.90 Å². The molecule has 1 aromatic rings. The van der Waals surface area contributed by atoms with Gasteiger partial charge in [0, 0.05) is 24.7 Å². The summed E-state index contributed by atoms with van der Waals surface area (Å²) in [4.78, 5) is 25.8. The lowest BCUT2D eigenvalue weighted by atomic mass is 10.0. The molecule has 0 amide bonds. The fourth-order valence-electron chi connectivity index (χ4n) is 1.85. The van der Waals surface area contributed by atoms with Gasteiger partial charge in [-0.2, -0.15) is 8.42 Å². The topological polar surface area (TPSA) is 101 Å². The van der Waals surface area contributed by atoms with Crippen LogP contribution in [0.5, 0.6) is 0 Å². The van der Waals surface area contributed by atoms with Gasteiger partial charge in [-0.05, 0) is 12.3 Å². The lowest BCUT2D eigenvalue weighted by Gasteiger charge is -2.18. The molecule has 0 atom stereocenters. The summed E-state index contributed by atoms with van der Waals surface area (Å²) >= 11 is 0. The molecule has 0 aromatic heterocycles. The van der Waals surface area contributed by atoms with Gasteiger partial charge in [0.2, 0.25) is 0 Å². The summed E-state index contributed by atoms with van der Waals surface area (Å²) in [5.41, 5.74) is 1.27. The van der Waals surface area contributed by atoms with Gasteiger partial charge in [0.25, 0.3) is 0 Å². The molecule has 1 heterocycles. The molecule has 130 valence electrons. The highest BCUT2D eigenvalue weighted by atomic mass is 32.3. The molecule has 1 N–H and O–H groups in total. The Morgan fingerprint density at radius 2 is 1.79 bits per heavy atom. The number of Topliss-reactive ketones (excluding diaryl/α,β-unsaturated/α-hetero) is 2. The first-order chi connectivity index (χ1) is 11.2. The first-order valence-electron chi connectivity index (χ1n) is 6.95. The highest BCUT2D eigenvalue weighted by Gasteiger charge is 2.17. The van der Waals surface area contributed by atoms with E-state index in [-0.39, 0.29) is 18.0 Å². The molecule has 0 fully saturated rings. The number of carbonyl (C=O) groups is 2. The van der Waals surface area contributed by atoms with Crippen LogP contribution in [0, 0.1) is 0 Å². The Balaban J connectivity index is 0.000000413. The highest BCUT2D eigenvalue weighted by molar-refractivity contribution is 7.80. The van der Waals surface area contributed by atoms with Crippen molar-refractivity contribution in [3.8, 4) is 0 Å². The first kappa shape index (κ1) is 19.8. The molecule has 2 rings (SSSR count). The maximum Gasteiger partial charge on any atom is 0.397 e. The minimum Gasteiger partial charge on any atom is -0.376 e. The normalized spacial score (nSPS) is 13.6. The van der Waals surface area contributed by atoms with Crippen LogP contribution in [0.1, 0.15) is 16.8 Å². The van der Waals surface area contributed by atoms with Crippen molar-refractivity contribution in [3.05, 3.63) is 59.8 Å². The SMILES string of the molecule is CN1C=CC=C(C(=O)CC(=O)c2ccccc2)C1.COS(=O)(=O)O. The summed E-state index contributed by atoms with van der Waals surface area (Å²) in [6, 6.07) is 8.91. The molecule has 0 aliphatic carbocycles. The zero-order valence-electron chi connectivity index (χ0n) is 13.4. The van der Waals surface area contributed by atoms with E-state index in [1.165, 1.54) is 0 Å². The summed E-state index contributed by atoms with van der Waals surface area (Å²) in [5, 5.41) is 0. The molecule has 24 heavy (non-hydrogen) atoms. The second kappa shape index (κ2) is 9.11. The van der Waals surface area contributed by atoms with E-state index in [2.05, 4.69) is 4.18 Å². The van der Waals surface area contributed by atoms with Gasteiger partial charge >= 0.3 is 10.4 Å². The number of hydrogen-bond acceptors (Lipinski definition) is 6. The smallest absolute Gasteiger partial charge is 0.376 e. The van der Waals surface area contributed by atoms with Crippen molar-refractivity contribution < 1.29 is 26.7 Å². The molecule has 1 aliphatic heterocycles. The number of ketones is 2. The van der Waals surface area contributed by atoms with Gasteiger partial charge in [-0.1, -0.05) is 36.4 Å². The quantitative estimate of drug-likeness (QED) is 0.488. The number of allylic oxidation sites excluding steroid dienone is 2. The van der Waals surface area contributed by atoms with Crippen molar-refractivity contribution in [1.29, 1.82) is 0 Å². The average Bonchev–Trinajstić information content (AvgIpc) is 2.55. The fraction of sp³-hybridized carbons (Fsp3) is 0.250. The summed E-state index contributed by atoms with van der Waals surface area (Å²) in [7, 11) is -1.39. The highest BCUT2D eigenvalue weighted by Crippen LogP contribution is 2.11. The van der Waals surface area contributed by atoms with Crippen LogP contribution < -0.4 is 0 Å². The Labute approximate surface area is 141 Å². The Kier molecular flexibility index (Phi) is 7.50. The van der Waals surface area contributed by atoms with Crippen molar-refractivity contribution in [3.63, 3.8) is 0 Å². The van der Waals surface area contributed by atoms with Gasteiger partial charge in [0.05, 0.1) is 13.5 Å². The Bertz CT molecular complexity index is 737. The molecular weight excluding hydrogens is 334 g/mol. The average molecular weight is 353 g/mol. The van der Waals surface area contributed by atoms with Gasteiger partial charge in [0.1, 0.15) is 0 Å². The Hall–Kier alpha value is -2.29. The second-order valence-electron chi connectivity index (χ2n) is 4.93. The number of hydrogen-bond donors (Lipinski definition) is 1. The van der Waals surface area contributed by atoms with E-state index in [1.54, 1.807) is 30.3 Å². The van der Waals surface area contributed by atoms with Gasteiger partial charge in [-0.25, -0.2) is 0 Å². The van der Waals surface area contributed by atoms with Gasteiger partial charge in [0.15, 0.2) is 11.6 Å². The molecule has 0 bridgehead atoms. The van der Waals surface area contributed by atoms with E-state index < -0.39 is 10.4 Å². The lowest BCUT2D eigenvalue weighted by molar-refractivity contribution is -0.115. The zero-order chi connectivity index (χ0) is 18.2. The predicted molar refractivity (Wildman–Crippen MR) is 88.8 cm³/mol. The Morgan fingerprint density at radius 3 is 2.29 bits per heavy atom. The van der Waals surface area contributed by atoms with Crippen LogP contribution in [0.2, 0.25) is 0 Å². The van der Waals surface area contributed by atoms with E-state index in [0.29, 0.717) is 17.7 Å². The van der Waals surface area contributed by atoms with E-state index in [0.717, 1.165) is 7.11 Å². The van der Waals surface area contributed by atoms with E-state index in [1.807, 2.05) is 30.3 Å². The van der Waals surface area contributed by atoms with Gasteiger partial charge in [-0.15, -0.1) is 0 Å². The largest absolute Gasteiger partial charge is 0.397 e. The van der Waals surface area contributed by atoms with Crippen LogP contribution >= 0.6 is 0 Å². The van der Waals surface area contributed by atoms with Crippen molar-refractivity contribution in [2.75, 3.05) is 20.7 Å². The molecule has 0 spiro atoms. The van der Waals surface area contributed by atoms with Crippen LogP contribution in [0.4, 0.5) is 0 Å². The lowest BCUT2D eigenvalue weighted by Crippen LogP contribution is -2.22. The maximum absolute atomic E-state index is 12.0. The first-order valence-corrected chi connectivity index (χ1v) is 8.31. The third kappa shape index (κ3) is 7.32. The number of carbonyl (C=O) groups excluding carboxylic acids is 2. The number of rotatable bonds is 5. The minimum absolute atomic E-state index is 0.0580. The summed E-state index contributed by atoms with van der Waals surface area (Å²) < 4.78 is 29.7. The molecule has 1 aliphatic rings. The number of benzene rings is 1. The summed E-state index contributed by atoms with van der Waals surface area (Å²) in [6.07, 6.45) is 5.44. The Morgan fingerprint density at radius 1 is 1.21 bits per heavy atom. The number of nitrogens with zero attached hydrogens (tertiary/aromatic N) is 1. The van der Waals surface area contributed by atoms with Crippen LogP contribution in [-0.2, 0) is 19.4 Å². The van der Waals surface area contributed by atoms with Crippen molar-refractivity contribution in [2.24, 2.45) is 0 Å². The molecule has 0 unspecified atom stereocenters. The summed E-state index contributed by atoms with van der Waals surface area (Å²) in [5.74, 6) is -0.223. The molecule has 7 nitrogen and oxygen atoms in total. The van der Waals surface area contributed by atoms with E-state index in [9.17, 15) is 18.0 Å². The predicted octanol–water partition coefficient (Wildman–Crippen LogP) is 1.65. The third-order valence-electron chi connectivity index (χ3n) is 3.04. The molecule has 1 aromatic carbocycles. The van der Waals surface area contributed by atoms with Crippen LogP contribution in [0.25, 0.3) is 0 Å². The monoisotopic (exact) mass is 353 g/mol. The van der Waals surface area contributed by atoms with Crippen LogP contribution in [0.15, 0.2) is 54.3 Å². The second-order valence-corrected chi connectivity index (χ2v) is 6.12. The van der Waals surface area contributed by atoms with E-state index >= 15 is 0 Å². The molecule has 0 saturated heterocycles. The molecule has 0 radical (unpaired) electrons. The summed E-state index contributed by atoms with van der Waals surface area (Å²) in [6.45, 7) is 0.567. The fourth-order valence-corrected chi connectivity index (χ4v) is 1.85. The van der Waals surface area contributed by atoms with E-state index in [4.69, 9.17) is 4.55 Å². The van der Waals surface area contributed by atoms with Crippen molar-refractivity contribution >= 4 is 22.0 Å². The molecule has 8 heteroatoms. The third-order valence-corrected chi connectivity index (χ3v) is 3.46. The zero-order valence-corrected chi connectivity index (χ0v) is 14.2. The van der Waals surface area contributed by atoms with Crippen molar-refractivity contribution in [1.82, 2.24) is 4.90 Å². The molecular formula is C16H19NO6S. The number of likely N-dealkylation sites (N-methyl/N-ethyl adjacent to an activating group) is 1. The molecule has 0 saturated carbocycles.